The molecule has 1 fully saturated rings. The number of amides is 1. The first kappa shape index (κ1) is 18.7. The van der Waals surface area contributed by atoms with Crippen molar-refractivity contribution in [2.45, 2.75) is 37.8 Å². The van der Waals surface area contributed by atoms with Gasteiger partial charge in [-0.25, -0.2) is 0 Å². The van der Waals surface area contributed by atoms with Crippen LogP contribution in [-0.2, 0) is 4.79 Å². The van der Waals surface area contributed by atoms with Crippen LogP contribution in [0.1, 0.15) is 38.1 Å². The third kappa shape index (κ3) is 4.08. The third-order valence-electron chi connectivity index (χ3n) is 4.58. The Labute approximate surface area is 147 Å². The minimum Gasteiger partial charge on any atom is -0.335 e. The number of rotatable bonds is 8. The number of thioether (sulfide) groups is 1. The van der Waals surface area contributed by atoms with Crippen molar-refractivity contribution in [1.82, 2.24) is 4.90 Å². The number of hydrogen-bond acceptors (Lipinski definition) is 4. The van der Waals surface area contributed by atoms with Gasteiger partial charge in [0.1, 0.15) is 5.37 Å². The van der Waals surface area contributed by atoms with Gasteiger partial charge in [-0.05, 0) is 26.8 Å². The Kier molecular flexibility index (Phi) is 6.62. The number of benzene rings is 1. The summed E-state index contributed by atoms with van der Waals surface area (Å²) in [5, 5.41) is 10.9. The minimum absolute atomic E-state index is 0.0812. The van der Waals surface area contributed by atoms with E-state index in [0.29, 0.717) is 12.1 Å². The second kappa shape index (κ2) is 8.48. The van der Waals surface area contributed by atoms with Gasteiger partial charge in [-0.1, -0.05) is 12.1 Å². The van der Waals surface area contributed by atoms with Gasteiger partial charge in [-0.3, -0.25) is 14.9 Å². The van der Waals surface area contributed by atoms with E-state index in [-0.39, 0.29) is 27.1 Å². The maximum absolute atomic E-state index is 12.5. The maximum atomic E-state index is 12.5. The summed E-state index contributed by atoms with van der Waals surface area (Å²) in [6, 6.07) is 6.75. The zero-order valence-corrected chi connectivity index (χ0v) is 15.3. The monoisotopic (exact) mass is 352 g/mol. The first-order chi connectivity index (χ1) is 11.5. The molecule has 0 saturated carbocycles. The molecule has 1 aliphatic heterocycles. The van der Waals surface area contributed by atoms with Crippen molar-refractivity contribution in [3.63, 3.8) is 0 Å². The number of carbonyl (C=O) groups is 1. The molecule has 2 atom stereocenters. The van der Waals surface area contributed by atoms with E-state index in [1.165, 1.54) is 22.7 Å². The molecule has 132 valence electrons. The number of para-hydroxylation sites is 1. The van der Waals surface area contributed by atoms with Gasteiger partial charge < -0.3 is 9.80 Å². The van der Waals surface area contributed by atoms with Crippen LogP contribution in [0.2, 0.25) is 0 Å². The van der Waals surface area contributed by atoms with Crippen molar-refractivity contribution >= 4 is 23.4 Å². The summed E-state index contributed by atoms with van der Waals surface area (Å²) < 4.78 is 0. The molecular weight excluding hydrogens is 326 g/mol. The van der Waals surface area contributed by atoms with Crippen molar-refractivity contribution in [3.8, 4) is 0 Å². The van der Waals surface area contributed by atoms with Gasteiger partial charge in [-0.2, -0.15) is 0 Å². The van der Waals surface area contributed by atoms with E-state index in [2.05, 4.69) is 13.8 Å². The summed E-state index contributed by atoms with van der Waals surface area (Å²) in [6.07, 6.45) is 0.910. The molecule has 0 aromatic heterocycles. The van der Waals surface area contributed by atoms with Gasteiger partial charge >= 0.3 is 0 Å². The van der Waals surface area contributed by atoms with Crippen LogP contribution in [0.3, 0.4) is 0 Å². The second-order valence-corrected chi connectivity index (χ2v) is 7.46. The molecule has 1 saturated heterocycles. The molecule has 24 heavy (non-hydrogen) atoms. The van der Waals surface area contributed by atoms with E-state index in [1.54, 1.807) is 18.2 Å². The molecule has 1 heterocycles. The highest BCUT2D eigenvalue weighted by molar-refractivity contribution is 8.01. The summed E-state index contributed by atoms with van der Waals surface area (Å²) in [5.41, 5.74) is 0.719. The van der Waals surface area contributed by atoms with E-state index in [1.807, 2.05) is 11.8 Å². The lowest BCUT2D eigenvalue weighted by Crippen LogP contribution is -3.11. The Morgan fingerprint density at radius 2 is 1.96 bits per heavy atom. The van der Waals surface area contributed by atoms with E-state index in [4.69, 9.17) is 0 Å². The van der Waals surface area contributed by atoms with Crippen LogP contribution in [0.4, 0.5) is 5.69 Å². The molecule has 0 aliphatic carbocycles. The molecule has 0 bridgehead atoms. The molecule has 1 N–H and O–H groups in total. The fourth-order valence-corrected chi connectivity index (χ4v) is 4.45. The van der Waals surface area contributed by atoms with Crippen LogP contribution in [0.15, 0.2) is 24.3 Å². The molecule has 2 rings (SSSR count). The van der Waals surface area contributed by atoms with Crippen LogP contribution in [-0.4, -0.2) is 47.2 Å². The zero-order chi connectivity index (χ0) is 17.7. The molecule has 7 heteroatoms. The number of nitro groups is 1. The molecule has 1 aliphatic rings. The molecule has 0 spiro atoms. The van der Waals surface area contributed by atoms with Gasteiger partial charge in [-0.15, -0.1) is 11.8 Å². The average molecular weight is 352 g/mol. The van der Waals surface area contributed by atoms with Crippen molar-refractivity contribution in [3.05, 3.63) is 39.9 Å². The van der Waals surface area contributed by atoms with Crippen LogP contribution < -0.4 is 4.90 Å². The summed E-state index contributed by atoms with van der Waals surface area (Å²) >= 11 is 1.50. The standard InChI is InChI=1S/C17H25N3O3S/c1-4-18(5-2)11-8-12-19-16(21)13(3)24-17(19)14-9-6-7-10-15(14)20(22)23/h6-7,9-10,13,17H,4-5,8,11-12H2,1-3H3/p+1/t13-,17-/m0/s1. The first-order valence-electron chi connectivity index (χ1n) is 8.52. The predicted octanol–water partition coefficient (Wildman–Crippen LogP) is 1.87. The van der Waals surface area contributed by atoms with Gasteiger partial charge in [0.2, 0.25) is 5.91 Å². The summed E-state index contributed by atoms with van der Waals surface area (Å²) in [5.74, 6) is 0.0812. The number of nitrogens with one attached hydrogen (secondary N) is 1. The predicted molar refractivity (Wildman–Crippen MR) is 96.1 cm³/mol. The number of hydrogen-bond donors (Lipinski definition) is 1. The maximum Gasteiger partial charge on any atom is 0.275 e. The van der Waals surface area contributed by atoms with Crippen LogP contribution >= 0.6 is 11.8 Å². The number of nitrogens with zero attached hydrogens (tertiary/aromatic N) is 2. The van der Waals surface area contributed by atoms with E-state index >= 15 is 0 Å². The highest BCUT2D eigenvalue weighted by Crippen LogP contribution is 2.45. The van der Waals surface area contributed by atoms with E-state index < -0.39 is 0 Å². The molecule has 1 aromatic rings. The summed E-state index contributed by atoms with van der Waals surface area (Å²) in [7, 11) is 0. The molecule has 1 amide bonds. The van der Waals surface area contributed by atoms with Crippen LogP contribution in [0.25, 0.3) is 0 Å². The summed E-state index contributed by atoms with van der Waals surface area (Å²) in [4.78, 5) is 26.8. The van der Waals surface area contributed by atoms with Gasteiger partial charge in [0.25, 0.3) is 5.69 Å². The van der Waals surface area contributed by atoms with Gasteiger partial charge in [0, 0.05) is 19.0 Å². The molecular formula is C17H26N3O3S+. The molecule has 1 aromatic carbocycles. The normalized spacial score (nSPS) is 20.8. The lowest BCUT2D eigenvalue weighted by atomic mass is 10.1. The van der Waals surface area contributed by atoms with Gasteiger partial charge in [0.05, 0.1) is 35.4 Å². The molecule has 6 nitrogen and oxygen atoms in total. The number of carbonyl (C=O) groups excluding carboxylic acids is 1. The zero-order valence-electron chi connectivity index (χ0n) is 14.5. The topological polar surface area (TPSA) is 67.9 Å². The SMILES string of the molecule is CC[NH+](CC)CCCN1C(=O)[C@H](C)S[C@H]1c1ccccc1[N+](=O)[O-]. The van der Waals surface area contributed by atoms with E-state index in [9.17, 15) is 14.9 Å². The highest BCUT2D eigenvalue weighted by Gasteiger charge is 2.40. The number of quaternary nitrogens is 1. The quantitative estimate of drug-likeness (QED) is 0.573. The van der Waals surface area contributed by atoms with Crippen LogP contribution in [0.5, 0.6) is 0 Å². The second-order valence-electron chi connectivity index (χ2n) is 6.04. The average Bonchev–Trinajstić information content (AvgIpc) is 2.86. The Morgan fingerprint density at radius 3 is 2.58 bits per heavy atom. The van der Waals surface area contributed by atoms with Crippen molar-refractivity contribution < 1.29 is 14.6 Å². The van der Waals surface area contributed by atoms with Crippen molar-refractivity contribution in [2.75, 3.05) is 26.2 Å². The third-order valence-corrected chi connectivity index (χ3v) is 5.95. The fourth-order valence-electron chi connectivity index (χ4n) is 3.11. The Balaban J connectivity index is 2.16. The Hall–Kier alpha value is -1.60. The Bertz CT molecular complexity index is 592. The highest BCUT2D eigenvalue weighted by atomic mass is 32.2. The first-order valence-corrected chi connectivity index (χ1v) is 9.46. The smallest absolute Gasteiger partial charge is 0.275 e. The lowest BCUT2D eigenvalue weighted by Gasteiger charge is -2.25. The van der Waals surface area contributed by atoms with Crippen LogP contribution in [0, 0.1) is 10.1 Å². The number of nitro benzene ring substituents is 1. The lowest BCUT2D eigenvalue weighted by molar-refractivity contribution is -0.896. The van der Waals surface area contributed by atoms with Gasteiger partial charge in [0.15, 0.2) is 0 Å². The largest absolute Gasteiger partial charge is 0.335 e. The summed E-state index contributed by atoms with van der Waals surface area (Å²) in [6.45, 7) is 10.0. The molecule has 0 unspecified atom stereocenters. The fraction of sp³-hybridized carbons (Fsp3) is 0.588. The van der Waals surface area contributed by atoms with Crippen molar-refractivity contribution in [2.24, 2.45) is 0 Å². The van der Waals surface area contributed by atoms with E-state index in [0.717, 1.165) is 26.1 Å². The molecule has 0 radical (unpaired) electrons. The Morgan fingerprint density at radius 1 is 1.29 bits per heavy atom. The van der Waals surface area contributed by atoms with Crippen molar-refractivity contribution in [1.29, 1.82) is 0 Å². The minimum atomic E-state index is -0.360.